The summed E-state index contributed by atoms with van der Waals surface area (Å²) >= 11 is 0. The van der Waals surface area contributed by atoms with E-state index in [9.17, 15) is 20.2 Å². The van der Waals surface area contributed by atoms with Crippen molar-refractivity contribution in [2.24, 2.45) is 17.0 Å². The minimum absolute atomic E-state index is 0.0147. The molecule has 0 aromatic carbocycles. The maximum absolute atomic E-state index is 10.5. The van der Waals surface area contributed by atoms with Gasteiger partial charge in [0.1, 0.15) is 6.61 Å². The van der Waals surface area contributed by atoms with E-state index in [1.807, 2.05) is 0 Å². The van der Waals surface area contributed by atoms with Crippen LogP contribution in [-0.2, 0) is 4.84 Å². The molecule has 0 aromatic heterocycles. The summed E-state index contributed by atoms with van der Waals surface area (Å²) in [6, 6.07) is 0. The van der Waals surface area contributed by atoms with Crippen LogP contribution < -0.4 is 0 Å². The highest BCUT2D eigenvalue weighted by Gasteiger charge is 2.58. The summed E-state index contributed by atoms with van der Waals surface area (Å²) in [5, 5.41) is 23.6. The Kier molecular flexibility index (Phi) is 3.92. The fourth-order valence-corrected chi connectivity index (χ4v) is 2.93. The molecule has 8 heteroatoms. The van der Waals surface area contributed by atoms with Gasteiger partial charge in [-0.25, -0.2) is 0 Å². The third-order valence-electron chi connectivity index (χ3n) is 4.02. The van der Waals surface area contributed by atoms with Crippen LogP contribution in [0.2, 0.25) is 0 Å². The van der Waals surface area contributed by atoms with Crippen LogP contribution in [0.25, 0.3) is 0 Å². The molecule has 8 nitrogen and oxygen atoms in total. The van der Waals surface area contributed by atoms with E-state index in [1.54, 1.807) is 27.7 Å². The van der Waals surface area contributed by atoms with E-state index in [-0.39, 0.29) is 25.0 Å². The Bertz CT molecular complexity index is 344. The summed E-state index contributed by atoms with van der Waals surface area (Å²) in [7, 11) is 0. The third-order valence-corrected chi connectivity index (χ3v) is 4.02. The standard InChI is InChI=1S/C10H19N3O5/c1-9(2)7(5-11-14)8(6-18-13(16)17)10(3,4)12(9)15/h7-8,15H,5-6H2,1-4H3. The molecule has 1 heterocycles. The molecule has 1 rings (SSSR count). The highest BCUT2D eigenvalue weighted by Crippen LogP contribution is 2.48. The van der Waals surface area contributed by atoms with Crippen LogP contribution in [0, 0.1) is 26.9 Å². The first kappa shape index (κ1) is 14.8. The summed E-state index contributed by atoms with van der Waals surface area (Å²) in [5.74, 6) is -0.671. The van der Waals surface area contributed by atoms with Gasteiger partial charge in [-0.1, -0.05) is 5.18 Å². The molecule has 2 atom stereocenters. The zero-order valence-electron chi connectivity index (χ0n) is 11.0. The fourth-order valence-electron chi connectivity index (χ4n) is 2.93. The molecule has 1 N–H and O–H groups in total. The van der Waals surface area contributed by atoms with Crippen molar-refractivity contribution in [2.45, 2.75) is 38.8 Å². The van der Waals surface area contributed by atoms with Crippen LogP contribution in [0.1, 0.15) is 27.7 Å². The topological polar surface area (TPSA) is 105 Å². The van der Waals surface area contributed by atoms with Gasteiger partial charge in [0, 0.05) is 22.9 Å². The van der Waals surface area contributed by atoms with Crippen molar-refractivity contribution in [2.75, 3.05) is 13.2 Å². The highest BCUT2D eigenvalue weighted by atomic mass is 16.9. The summed E-state index contributed by atoms with van der Waals surface area (Å²) in [4.78, 5) is 25.2. The molecule has 0 bridgehead atoms. The smallest absolute Gasteiger partial charge is 0.294 e. The van der Waals surface area contributed by atoms with Crippen molar-refractivity contribution >= 4 is 0 Å². The third kappa shape index (κ3) is 2.30. The van der Waals surface area contributed by atoms with E-state index >= 15 is 0 Å². The minimum Gasteiger partial charge on any atom is -0.314 e. The van der Waals surface area contributed by atoms with Crippen molar-refractivity contribution in [3.8, 4) is 0 Å². The van der Waals surface area contributed by atoms with E-state index in [0.29, 0.717) is 0 Å². The van der Waals surface area contributed by atoms with Crippen molar-refractivity contribution in [3.63, 3.8) is 0 Å². The Morgan fingerprint density at radius 2 is 1.83 bits per heavy atom. The van der Waals surface area contributed by atoms with Gasteiger partial charge in [-0.3, -0.25) is 0 Å². The SMILES string of the molecule is CC1(C)C(CN=O)C(CO[N+](=O)[O-])C(C)(C)N1O. The fraction of sp³-hybridized carbons (Fsp3) is 1.00. The van der Waals surface area contributed by atoms with Gasteiger partial charge in [0.15, 0.2) is 0 Å². The van der Waals surface area contributed by atoms with Crippen LogP contribution in [0.15, 0.2) is 5.18 Å². The Hall–Kier alpha value is -1.28. The first-order chi connectivity index (χ1) is 8.15. The molecule has 18 heavy (non-hydrogen) atoms. The summed E-state index contributed by atoms with van der Waals surface area (Å²) < 4.78 is 0. The van der Waals surface area contributed by atoms with Gasteiger partial charge < -0.3 is 10.0 Å². The summed E-state index contributed by atoms with van der Waals surface area (Å²) in [6.07, 6.45) is 0. The van der Waals surface area contributed by atoms with Crippen LogP contribution in [0.3, 0.4) is 0 Å². The van der Waals surface area contributed by atoms with E-state index in [0.717, 1.165) is 5.06 Å². The number of rotatable bonds is 5. The number of hydrogen-bond donors (Lipinski definition) is 1. The summed E-state index contributed by atoms with van der Waals surface area (Å²) in [5.41, 5.74) is -1.42. The van der Waals surface area contributed by atoms with Gasteiger partial charge >= 0.3 is 0 Å². The van der Waals surface area contributed by atoms with Gasteiger partial charge in [0.05, 0.1) is 6.54 Å². The molecule has 1 aliphatic heterocycles. The molecule has 2 unspecified atom stereocenters. The second-order valence-electron chi connectivity index (χ2n) is 5.66. The second kappa shape index (κ2) is 4.77. The van der Waals surface area contributed by atoms with Gasteiger partial charge in [-0.05, 0) is 27.7 Å². The lowest BCUT2D eigenvalue weighted by Gasteiger charge is -2.36. The molecule has 0 amide bonds. The van der Waals surface area contributed by atoms with Crippen molar-refractivity contribution in [1.29, 1.82) is 0 Å². The van der Waals surface area contributed by atoms with Crippen LogP contribution in [-0.4, -0.2) is 39.6 Å². The molecular formula is C10H19N3O5. The van der Waals surface area contributed by atoms with E-state index < -0.39 is 16.2 Å². The van der Waals surface area contributed by atoms with Crippen LogP contribution in [0.4, 0.5) is 0 Å². The number of hydrogen-bond acceptors (Lipinski definition) is 7. The van der Waals surface area contributed by atoms with Gasteiger partial charge in [0.2, 0.25) is 0 Å². The first-order valence-electron chi connectivity index (χ1n) is 5.71. The molecule has 0 radical (unpaired) electrons. The number of hydroxylamine groups is 2. The van der Waals surface area contributed by atoms with E-state index in [1.165, 1.54) is 0 Å². The Balaban J connectivity index is 3.01. The molecule has 104 valence electrons. The molecule has 0 saturated carbocycles. The molecule has 0 spiro atoms. The van der Waals surface area contributed by atoms with E-state index in [4.69, 9.17) is 0 Å². The predicted octanol–water partition coefficient (Wildman–Crippen LogP) is 1.46. The molecule has 0 aromatic rings. The highest BCUT2D eigenvalue weighted by molar-refractivity contribution is 5.08. The second-order valence-corrected chi connectivity index (χ2v) is 5.66. The Morgan fingerprint density at radius 1 is 1.33 bits per heavy atom. The first-order valence-corrected chi connectivity index (χ1v) is 5.71. The van der Waals surface area contributed by atoms with Crippen molar-refractivity contribution in [3.05, 3.63) is 15.0 Å². The zero-order valence-corrected chi connectivity index (χ0v) is 11.0. The van der Waals surface area contributed by atoms with E-state index in [2.05, 4.69) is 10.0 Å². The largest absolute Gasteiger partial charge is 0.314 e. The van der Waals surface area contributed by atoms with Gasteiger partial charge in [0.25, 0.3) is 5.09 Å². The van der Waals surface area contributed by atoms with Gasteiger partial charge in [-0.2, -0.15) is 9.97 Å². The molecule has 1 fully saturated rings. The summed E-state index contributed by atoms with van der Waals surface area (Å²) in [6.45, 7) is 6.88. The monoisotopic (exact) mass is 261 g/mol. The lowest BCUT2D eigenvalue weighted by atomic mass is 9.78. The predicted molar refractivity (Wildman–Crippen MR) is 62.4 cm³/mol. The average molecular weight is 261 g/mol. The van der Waals surface area contributed by atoms with Crippen molar-refractivity contribution in [1.82, 2.24) is 5.06 Å². The maximum atomic E-state index is 10.5. The lowest BCUT2D eigenvalue weighted by Crippen LogP contribution is -2.48. The van der Waals surface area contributed by atoms with Gasteiger partial charge in [-0.15, -0.1) is 10.1 Å². The van der Waals surface area contributed by atoms with Crippen molar-refractivity contribution < 1.29 is 15.1 Å². The molecular weight excluding hydrogens is 242 g/mol. The van der Waals surface area contributed by atoms with Crippen LogP contribution in [0.5, 0.6) is 0 Å². The maximum Gasteiger partial charge on any atom is 0.294 e. The number of nitroso groups, excluding NO2 is 1. The Morgan fingerprint density at radius 3 is 2.28 bits per heavy atom. The Labute approximate surface area is 105 Å². The van der Waals surface area contributed by atoms with Crippen LogP contribution >= 0.6 is 0 Å². The molecule has 0 aliphatic carbocycles. The normalized spacial score (nSPS) is 30.1. The number of nitrogens with zero attached hydrogens (tertiary/aromatic N) is 3. The average Bonchev–Trinajstić information content (AvgIpc) is 2.36. The molecule has 1 saturated heterocycles. The minimum atomic E-state index is -0.867. The quantitative estimate of drug-likeness (QED) is 0.456. The lowest BCUT2D eigenvalue weighted by molar-refractivity contribution is -0.759. The zero-order chi connectivity index (χ0) is 14.1. The molecule has 1 aliphatic rings.